The molecule has 0 spiro atoms. The van der Waals surface area contributed by atoms with E-state index >= 15 is 4.39 Å². The molecule has 38 heavy (non-hydrogen) atoms. The average molecular weight is 520 g/mol. The van der Waals surface area contributed by atoms with Gasteiger partial charge in [-0.3, -0.25) is 24.4 Å². The molecule has 1 atom stereocenters. The Morgan fingerprint density at radius 1 is 1.21 bits per heavy atom. The van der Waals surface area contributed by atoms with Crippen LogP contribution in [-0.2, 0) is 27.5 Å². The number of aromatic nitrogens is 2. The van der Waals surface area contributed by atoms with Crippen molar-refractivity contribution in [2.75, 3.05) is 0 Å². The Kier molecular flexibility index (Phi) is 5.85. The summed E-state index contributed by atoms with van der Waals surface area (Å²) in [6.07, 6.45) is 2.91. The number of hydrogen-bond donors (Lipinski definition) is 2. The molecule has 1 saturated heterocycles. The van der Waals surface area contributed by atoms with Gasteiger partial charge < -0.3 is 15.0 Å². The first-order valence-electron chi connectivity index (χ1n) is 12.6. The predicted octanol–water partition coefficient (Wildman–Crippen LogP) is 2.87. The monoisotopic (exact) mass is 519 g/mol. The van der Waals surface area contributed by atoms with Crippen LogP contribution in [0.15, 0.2) is 36.5 Å². The third-order valence-electron chi connectivity index (χ3n) is 7.67. The molecule has 6 rings (SSSR count). The van der Waals surface area contributed by atoms with Gasteiger partial charge in [0.25, 0.3) is 5.91 Å². The maximum atomic E-state index is 15.3. The van der Waals surface area contributed by atoms with E-state index in [-0.39, 0.29) is 55.1 Å². The zero-order valence-electron chi connectivity index (χ0n) is 20.7. The van der Waals surface area contributed by atoms with Crippen LogP contribution in [0.25, 0.3) is 10.9 Å². The Hall–Kier alpha value is -4.28. The molecule has 1 unspecified atom stereocenters. The number of rotatable bonds is 5. The molecular weight excluding hydrogens is 493 g/mol. The van der Waals surface area contributed by atoms with E-state index in [4.69, 9.17) is 4.74 Å². The van der Waals surface area contributed by atoms with Gasteiger partial charge in [-0.25, -0.2) is 9.18 Å². The normalized spacial score (nSPS) is 22.7. The summed E-state index contributed by atoms with van der Waals surface area (Å²) in [4.78, 5) is 50.3. The largest absolute Gasteiger partial charge is 0.445 e. The highest BCUT2D eigenvalue weighted by molar-refractivity contribution is 6.05. The van der Waals surface area contributed by atoms with E-state index in [9.17, 15) is 19.2 Å². The topological polar surface area (TPSA) is 123 Å². The fourth-order valence-electron chi connectivity index (χ4n) is 5.58. The summed E-state index contributed by atoms with van der Waals surface area (Å²) in [6.45, 7) is 1.78. The number of nitrogens with zero attached hydrogens (tertiary/aromatic N) is 3. The lowest BCUT2D eigenvalue weighted by atomic mass is 9.87. The second-order valence-electron chi connectivity index (χ2n) is 10.1. The first-order chi connectivity index (χ1) is 18.3. The smallest absolute Gasteiger partial charge is 0.407 e. The van der Waals surface area contributed by atoms with Crippen molar-refractivity contribution in [3.8, 4) is 0 Å². The fourth-order valence-corrected chi connectivity index (χ4v) is 5.58. The number of fused-ring (bicyclic) bond motifs is 2. The van der Waals surface area contributed by atoms with E-state index in [1.54, 1.807) is 6.07 Å². The van der Waals surface area contributed by atoms with Gasteiger partial charge in [-0.1, -0.05) is 30.3 Å². The number of amides is 4. The maximum Gasteiger partial charge on any atom is 0.407 e. The molecule has 1 aliphatic carbocycles. The lowest BCUT2D eigenvalue weighted by Crippen LogP contribution is -2.52. The molecule has 1 saturated carbocycles. The van der Waals surface area contributed by atoms with Gasteiger partial charge in [0.15, 0.2) is 0 Å². The summed E-state index contributed by atoms with van der Waals surface area (Å²) in [5.74, 6) is -2.32. The number of aryl methyl sites for hydroxylation is 1. The molecule has 0 radical (unpaired) electrons. The predicted molar refractivity (Wildman–Crippen MR) is 132 cm³/mol. The minimum Gasteiger partial charge on any atom is -0.445 e. The van der Waals surface area contributed by atoms with Crippen molar-refractivity contribution in [3.05, 3.63) is 64.6 Å². The van der Waals surface area contributed by atoms with Crippen molar-refractivity contribution in [1.82, 2.24) is 25.3 Å². The Labute approximate surface area is 217 Å². The number of alkyl carbamates (subject to hydrolysis) is 1. The highest BCUT2D eigenvalue weighted by Crippen LogP contribution is 2.35. The molecule has 4 amide bonds. The van der Waals surface area contributed by atoms with E-state index < -0.39 is 29.8 Å². The number of hydrogen-bond acceptors (Lipinski definition) is 6. The highest BCUT2D eigenvalue weighted by atomic mass is 19.1. The minimum absolute atomic E-state index is 0.0716. The number of nitrogens with one attached hydrogen (secondary N) is 2. The van der Waals surface area contributed by atoms with Gasteiger partial charge in [-0.05, 0) is 37.3 Å². The van der Waals surface area contributed by atoms with Crippen LogP contribution in [0.4, 0.5) is 9.18 Å². The Morgan fingerprint density at radius 2 is 2.03 bits per heavy atom. The van der Waals surface area contributed by atoms with Crippen LogP contribution >= 0.6 is 0 Å². The van der Waals surface area contributed by atoms with E-state index in [0.717, 1.165) is 16.5 Å². The van der Waals surface area contributed by atoms with Crippen molar-refractivity contribution >= 4 is 34.7 Å². The Balaban J connectivity index is 1.04. The number of imide groups is 1. The zero-order chi connectivity index (χ0) is 26.6. The summed E-state index contributed by atoms with van der Waals surface area (Å²) in [6, 6.07) is 8.42. The second kappa shape index (κ2) is 9.23. The van der Waals surface area contributed by atoms with E-state index in [2.05, 4.69) is 15.7 Å². The van der Waals surface area contributed by atoms with Crippen molar-refractivity contribution < 1.29 is 28.3 Å². The first-order valence-corrected chi connectivity index (χ1v) is 12.6. The molecule has 3 aromatic rings. The zero-order valence-corrected chi connectivity index (χ0v) is 20.7. The number of para-hydroxylation sites is 1. The molecule has 2 fully saturated rings. The van der Waals surface area contributed by atoms with Crippen LogP contribution < -0.4 is 10.6 Å². The summed E-state index contributed by atoms with van der Waals surface area (Å²) in [7, 11) is 0. The molecule has 11 heteroatoms. The lowest BCUT2D eigenvalue weighted by Gasteiger charge is -2.36. The summed E-state index contributed by atoms with van der Waals surface area (Å²) < 4.78 is 22.5. The van der Waals surface area contributed by atoms with E-state index in [0.29, 0.717) is 18.4 Å². The standard InChI is InChI=1S/C27H26FN5O5/c1-14-3-2-4-15-11-29-33(24(14)15)19-9-18(10-19)30-27(37)38-13-17-6-5-16-12-32(26(36)22(16)23(17)28)20-7-8-21(34)31-25(20)35/h2-6,11,18-20H,7-10,12-13H2,1H3,(H,30,37)(H,31,34,35). The summed E-state index contributed by atoms with van der Waals surface area (Å²) >= 11 is 0. The van der Waals surface area contributed by atoms with E-state index in [1.165, 1.54) is 11.0 Å². The summed E-state index contributed by atoms with van der Waals surface area (Å²) in [5.41, 5.74) is 2.64. The molecule has 2 N–H and O–H groups in total. The fraction of sp³-hybridized carbons (Fsp3) is 0.370. The van der Waals surface area contributed by atoms with Gasteiger partial charge in [0, 0.05) is 30.0 Å². The van der Waals surface area contributed by atoms with Gasteiger partial charge >= 0.3 is 6.09 Å². The Morgan fingerprint density at radius 3 is 2.82 bits per heavy atom. The number of halogens is 1. The van der Waals surface area contributed by atoms with Crippen molar-refractivity contribution in [3.63, 3.8) is 0 Å². The van der Waals surface area contributed by atoms with Crippen LogP contribution in [-0.4, -0.2) is 50.6 Å². The van der Waals surface area contributed by atoms with Crippen molar-refractivity contribution in [1.29, 1.82) is 0 Å². The maximum absolute atomic E-state index is 15.3. The molecule has 10 nitrogen and oxygen atoms in total. The molecule has 0 bridgehead atoms. The number of carbonyl (C=O) groups is 4. The lowest BCUT2D eigenvalue weighted by molar-refractivity contribution is -0.136. The molecule has 196 valence electrons. The van der Waals surface area contributed by atoms with Gasteiger partial charge in [-0.2, -0.15) is 5.10 Å². The van der Waals surface area contributed by atoms with Gasteiger partial charge in [0.2, 0.25) is 11.8 Å². The molecule has 3 aliphatic rings. The average Bonchev–Trinajstić information content (AvgIpc) is 3.43. The van der Waals surface area contributed by atoms with Crippen LogP contribution in [0.3, 0.4) is 0 Å². The third kappa shape index (κ3) is 4.07. The van der Waals surface area contributed by atoms with Crippen molar-refractivity contribution in [2.45, 2.75) is 63.9 Å². The molecule has 3 heterocycles. The number of carbonyl (C=O) groups excluding carboxylic acids is 4. The molecular formula is C27H26FN5O5. The number of ether oxygens (including phenoxy) is 1. The molecule has 2 aliphatic heterocycles. The highest BCUT2D eigenvalue weighted by Gasteiger charge is 2.41. The first kappa shape index (κ1) is 24.1. The van der Waals surface area contributed by atoms with Crippen molar-refractivity contribution in [2.24, 2.45) is 0 Å². The van der Waals surface area contributed by atoms with E-state index in [1.807, 2.05) is 36.0 Å². The number of benzene rings is 2. The van der Waals surface area contributed by atoms with Gasteiger partial charge in [-0.15, -0.1) is 0 Å². The third-order valence-corrected chi connectivity index (χ3v) is 7.67. The Bertz CT molecular complexity index is 1490. The minimum atomic E-state index is -0.826. The molecule has 1 aromatic heterocycles. The quantitative estimate of drug-likeness (QED) is 0.500. The van der Waals surface area contributed by atoms with Gasteiger partial charge in [0.1, 0.15) is 18.5 Å². The molecule has 2 aromatic carbocycles. The summed E-state index contributed by atoms with van der Waals surface area (Å²) in [5, 5.41) is 10.6. The van der Waals surface area contributed by atoms with Crippen LogP contribution in [0.1, 0.15) is 58.8 Å². The van der Waals surface area contributed by atoms with Crippen LogP contribution in [0.5, 0.6) is 0 Å². The van der Waals surface area contributed by atoms with Gasteiger partial charge in [0.05, 0.1) is 23.3 Å². The number of piperidine rings is 1. The SMILES string of the molecule is Cc1cccc2cnn(C3CC(NC(=O)OCc4ccc5c(c4F)C(=O)N(C4CCC(=O)NC4=O)C5)C3)c12. The second-order valence-corrected chi connectivity index (χ2v) is 10.1. The van der Waals surface area contributed by atoms with Crippen LogP contribution in [0, 0.1) is 12.7 Å². The van der Waals surface area contributed by atoms with Crippen LogP contribution in [0.2, 0.25) is 0 Å².